The molecule has 0 radical (unpaired) electrons. The van der Waals surface area contributed by atoms with Crippen molar-refractivity contribution in [3.63, 3.8) is 0 Å². The zero-order valence-corrected chi connectivity index (χ0v) is 14.0. The predicted molar refractivity (Wildman–Crippen MR) is 87.2 cm³/mol. The summed E-state index contributed by atoms with van der Waals surface area (Å²) in [6.45, 7) is 3.46. The number of hydrogen-bond donors (Lipinski definition) is 2. The maximum atomic E-state index is 11.2. The second-order valence-corrected chi connectivity index (χ2v) is 7.29. The molecule has 0 aliphatic heterocycles. The number of halogens is 1. The molecule has 0 amide bonds. The molecule has 0 saturated carbocycles. The van der Waals surface area contributed by atoms with Gasteiger partial charge < -0.3 is 5.32 Å². The molecule has 0 aromatic heterocycles. The normalized spacial score (nSPS) is 11.6. The minimum absolute atomic E-state index is 0.133. The third-order valence-corrected chi connectivity index (χ3v) is 4.93. The Morgan fingerprint density at radius 3 is 2.19 bits per heavy atom. The third kappa shape index (κ3) is 4.64. The fourth-order valence-electron chi connectivity index (χ4n) is 1.89. The van der Waals surface area contributed by atoms with Crippen LogP contribution in [0.3, 0.4) is 0 Å². The van der Waals surface area contributed by atoms with E-state index in [1.807, 2.05) is 6.92 Å². The first kappa shape index (κ1) is 16.2. The van der Waals surface area contributed by atoms with Crippen molar-refractivity contribution in [1.29, 1.82) is 0 Å². The lowest BCUT2D eigenvalue weighted by atomic mass is 10.1. The van der Waals surface area contributed by atoms with Crippen molar-refractivity contribution in [2.24, 2.45) is 5.14 Å². The molecule has 0 aliphatic carbocycles. The Hall–Kier alpha value is -1.21. The summed E-state index contributed by atoms with van der Waals surface area (Å²) in [7, 11) is -3.62. The number of nitrogens with one attached hydrogen (secondary N) is 1. The molecule has 2 aromatic rings. The maximum Gasteiger partial charge on any atom is 0.238 e. The summed E-state index contributed by atoms with van der Waals surface area (Å²) < 4.78 is 23.4. The van der Waals surface area contributed by atoms with Crippen molar-refractivity contribution >= 4 is 26.0 Å². The lowest BCUT2D eigenvalue weighted by Gasteiger charge is -2.07. The van der Waals surface area contributed by atoms with Crippen molar-refractivity contribution in [3.05, 3.63) is 63.6 Å². The highest BCUT2D eigenvalue weighted by Gasteiger charge is 2.06. The first-order valence-electron chi connectivity index (χ1n) is 6.44. The fourth-order valence-corrected chi connectivity index (χ4v) is 2.84. The molecular weight excluding hydrogens is 352 g/mol. The van der Waals surface area contributed by atoms with E-state index in [1.165, 1.54) is 23.3 Å². The Bertz CT molecular complexity index is 728. The van der Waals surface area contributed by atoms with Crippen LogP contribution in [0.2, 0.25) is 0 Å². The van der Waals surface area contributed by atoms with E-state index in [9.17, 15) is 8.42 Å². The molecule has 21 heavy (non-hydrogen) atoms. The number of aryl methyl sites for hydroxylation is 1. The van der Waals surface area contributed by atoms with Crippen LogP contribution in [0.1, 0.15) is 16.7 Å². The smallest absolute Gasteiger partial charge is 0.238 e. The topological polar surface area (TPSA) is 72.2 Å². The molecule has 0 fully saturated rings. The molecule has 0 unspecified atom stereocenters. The van der Waals surface area contributed by atoms with Gasteiger partial charge in [0.15, 0.2) is 0 Å². The van der Waals surface area contributed by atoms with Crippen LogP contribution >= 0.6 is 15.9 Å². The van der Waals surface area contributed by atoms with Crippen molar-refractivity contribution in [2.75, 3.05) is 0 Å². The van der Waals surface area contributed by atoms with Gasteiger partial charge in [0, 0.05) is 17.6 Å². The van der Waals surface area contributed by atoms with Gasteiger partial charge in [-0.3, -0.25) is 0 Å². The van der Waals surface area contributed by atoms with E-state index in [0.29, 0.717) is 6.54 Å². The van der Waals surface area contributed by atoms with Gasteiger partial charge in [0.2, 0.25) is 10.0 Å². The quantitative estimate of drug-likeness (QED) is 0.851. The summed E-state index contributed by atoms with van der Waals surface area (Å²) in [6, 6.07) is 12.8. The third-order valence-electron chi connectivity index (χ3n) is 3.15. The Balaban J connectivity index is 1.93. The minimum atomic E-state index is -3.62. The maximum absolute atomic E-state index is 11.2. The standard InChI is InChI=1S/C15H17BrN2O2S/c1-11-2-3-13(8-15(11)16)10-18-9-12-4-6-14(7-5-12)21(17,19)20/h2-8,18H,9-10H2,1H3,(H2,17,19,20). The number of sulfonamides is 1. The van der Waals surface area contributed by atoms with Crippen molar-refractivity contribution < 1.29 is 8.42 Å². The largest absolute Gasteiger partial charge is 0.309 e. The average Bonchev–Trinajstić information content (AvgIpc) is 2.42. The van der Waals surface area contributed by atoms with E-state index in [4.69, 9.17) is 5.14 Å². The van der Waals surface area contributed by atoms with Gasteiger partial charge in [-0.2, -0.15) is 0 Å². The molecule has 0 bridgehead atoms. The van der Waals surface area contributed by atoms with E-state index in [0.717, 1.165) is 16.6 Å². The molecule has 112 valence electrons. The van der Waals surface area contributed by atoms with Crippen LogP contribution in [0.4, 0.5) is 0 Å². The molecule has 0 spiro atoms. The molecule has 3 N–H and O–H groups in total. The molecule has 0 heterocycles. The minimum Gasteiger partial charge on any atom is -0.309 e. The fraction of sp³-hybridized carbons (Fsp3) is 0.200. The van der Waals surface area contributed by atoms with Gasteiger partial charge in [-0.1, -0.05) is 40.2 Å². The summed E-state index contributed by atoms with van der Waals surface area (Å²) in [6.07, 6.45) is 0. The molecule has 4 nitrogen and oxygen atoms in total. The van der Waals surface area contributed by atoms with Crippen molar-refractivity contribution in [3.8, 4) is 0 Å². The second kappa shape index (κ2) is 6.70. The highest BCUT2D eigenvalue weighted by molar-refractivity contribution is 9.10. The Morgan fingerprint density at radius 1 is 1.05 bits per heavy atom. The highest BCUT2D eigenvalue weighted by atomic mass is 79.9. The van der Waals surface area contributed by atoms with Crippen LogP contribution in [-0.2, 0) is 23.1 Å². The van der Waals surface area contributed by atoms with Gasteiger partial charge in [-0.05, 0) is 41.8 Å². The Morgan fingerprint density at radius 2 is 1.62 bits per heavy atom. The van der Waals surface area contributed by atoms with Crippen LogP contribution in [-0.4, -0.2) is 8.42 Å². The number of nitrogens with two attached hydrogens (primary N) is 1. The predicted octanol–water partition coefficient (Wildman–Crippen LogP) is 2.69. The summed E-state index contributed by atoms with van der Waals surface area (Å²) in [5.41, 5.74) is 3.40. The summed E-state index contributed by atoms with van der Waals surface area (Å²) >= 11 is 3.51. The van der Waals surface area contributed by atoms with Crippen LogP contribution in [0, 0.1) is 6.92 Å². The highest BCUT2D eigenvalue weighted by Crippen LogP contribution is 2.17. The van der Waals surface area contributed by atoms with Gasteiger partial charge in [-0.15, -0.1) is 0 Å². The van der Waals surface area contributed by atoms with Gasteiger partial charge in [-0.25, -0.2) is 13.6 Å². The first-order chi connectivity index (χ1) is 9.86. The molecular formula is C15H17BrN2O2S. The number of hydrogen-bond acceptors (Lipinski definition) is 3. The lowest BCUT2D eigenvalue weighted by Crippen LogP contribution is -2.14. The monoisotopic (exact) mass is 368 g/mol. The van der Waals surface area contributed by atoms with Crippen LogP contribution in [0.25, 0.3) is 0 Å². The zero-order chi connectivity index (χ0) is 15.5. The van der Waals surface area contributed by atoms with E-state index >= 15 is 0 Å². The number of primary sulfonamides is 1. The summed E-state index contributed by atoms with van der Waals surface area (Å²) in [5.74, 6) is 0. The average molecular weight is 369 g/mol. The molecule has 0 atom stereocenters. The van der Waals surface area contributed by atoms with Gasteiger partial charge >= 0.3 is 0 Å². The van der Waals surface area contributed by atoms with Gasteiger partial charge in [0.1, 0.15) is 0 Å². The number of rotatable bonds is 5. The first-order valence-corrected chi connectivity index (χ1v) is 8.78. The van der Waals surface area contributed by atoms with Crippen LogP contribution < -0.4 is 10.5 Å². The van der Waals surface area contributed by atoms with Gasteiger partial charge in [0.05, 0.1) is 4.90 Å². The van der Waals surface area contributed by atoms with E-state index in [2.05, 4.69) is 39.4 Å². The lowest BCUT2D eigenvalue weighted by molar-refractivity contribution is 0.597. The molecule has 2 rings (SSSR count). The molecule has 0 aliphatic rings. The Kier molecular flexibility index (Phi) is 5.16. The Labute approximate surface area is 133 Å². The molecule has 0 saturated heterocycles. The SMILES string of the molecule is Cc1ccc(CNCc2ccc(S(N)(=O)=O)cc2)cc1Br. The number of benzene rings is 2. The summed E-state index contributed by atoms with van der Waals surface area (Å²) in [5, 5.41) is 8.38. The van der Waals surface area contributed by atoms with Crippen LogP contribution in [0.15, 0.2) is 51.8 Å². The van der Waals surface area contributed by atoms with Crippen molar-refractivity contribution in [2.45, 2.75) is 24.9 Å². The van der Waals surface area contributed by atoms with Crippen LogP contribution in [0.5, 0.6) is 0 Å². The molecule has 2 aromatic carbocycles. The van der Waals surface area contributed by atoms with Crippen molar-refractivity contribution in [1.82, 2.24) is 5.32 Å². The van der Waals surface area contributed by atoms with E-state index in [1.54, 1.807) is 12.1 Å². The van der Waals surface area contributed by atoms with Gasteiger partial charge in [0.25, 0.3) is 0 Å². The van der Waals surface area contributed by atoms with E-state index < -0.39 is 10.0 Å². The van der Waals surface area contributed by atoms with E-state index in [-0.39, 0.29) is 4.90 Å². The summed E-state index contributed by atoms with van der Waals surface area (Å²) in [4.78, 5) is 0.133. The zero-order valence-electron chi connectivity index (χ0n) is 11.6. The second-order valence-electron chi connectivity index (χ2n) is 4.88. The molecule has 6 heteroatoms.